The summed E-state index contributed by atoms with van der Waals surface area (Å²) in [6.07, 6.45) is 6.35. The predicted molar refractivity (Wildman–Crippen MR) is 122 cm³/mol. The number of halogens is 3. The van der Waals surface area contributed by atoms with Crippen LogP contribution in [-0.4, -0.2) is 33.2 Å². The van der Waals surface area contributed by atoms with Gasteiger partial charge < -0.3 is 15.2 Å². The van der Waals surface area contributed by atoms with Crippen LogP contribution in [0.1, 0.15) is 54.3 Å². The summed E-state index contributed by atoms with van der Waals surface area (Å²) in [6.45, 7) is 0. The van der Waals surface area contributed by atoms with Gasteiger partial charge in [0.1, 0.15) is 28.8 Å². The van der Waals surface area contributed by atoms with Gasteiger partial charge in [0.05, 0.1) is 35.8 Å². The molecule has 2 aliphatic rings. The van der Waals surface area contributed by atoms with E-state index >= 15 is 0 Å². The number of carbonyl (C=O) groups excluding carboxylic acids is 1. The van der Waals surface area contributed by atoms with Gasteiger partial charge in [-0.15, -0.1) is 0 Å². The molecule has 5 rings (SSSR count). The summed E-state index contributed by atoms with van der Waals surface area (Å²) in [5, 5.41) is 13.4. The van der Waals surface area contributed by atoms with E-state index in [1.54, 1.807) is 12.3 Å². The van der Waals surface area contributed by atoms with Crippen LogP contribution in [0.2, 0.25) is 0 Å². The van der Waals surface area contributed by atoms with E-state index in [9.17, 15) is 23.1 Å². The maximum Gasteiger partial charge on any atom is 0.274 e. The summed E-state index contributed by atoms with van der Waals surface area (Å²) in [5.41, 5.74) is -0.460. The maximum atomic E-state index is 14.4. The number of aliphatic hydroxyl groups excluding tert-OH is 1. The Morgan fingerprint density at radius 1 is 1.03 bits per heavy atom. The number of carbonyl (C=O) groups is 1. The first kappa shape index (κ1) is 23.4. The minimum Gasteiger partial charge on any atom is -0.393 e. The molecule has 1 aliphatic carbocycles. The minimum absolute atomic E-state index is 0.0498. The minimum atomic E-state index is -0.988. The van der Waals surface area contributed by atoms with E-state index in [2.05, 4.69) is 15.3 Å². The number of pyridine rings is 2. The van der Waals surface area contributed by atoms with Gasteiger partial charge in [-0.3, -0.25) is 9.78 Å². The van der Waals surface area contributed by atoms with Crippen LogP contribution in [0.15, 0.2) is 48.8 Å². The van der Waals surface area contributed by atoms with E-state index in [1.807, 2.05) is 0 Å². The molecular weight excluding hydrogens is 459 g/mol. The number of hydrogen-bond donors (Lipinski definition) is 2. The Hall–Kier alpha value is -3.30. The van der Waals surface area contributed by atoms with Gasteiger partial charge in [0.15, 0.2) is 0 Å². The van der Waals surface area contributed by atoms with Gasteiger partial charge in [-0.25, -0.2) is 18.2 Å². The highest BCUT2D eigenvalue weighted by Crippen LogP contribution is 2.42. The number of anilines is 1. The summed E-state index contributed by atoms with van der Waals surface area (Å²) in [7, 11) is 0. The van der Waals surface area contributed by atoms with Gasteiger partial charge >= 0.3 is 0 Å². The second kappa shape index (κ2) is 9.75. The largest absolute Gasteiger partial charge is 0.393 e. The molecule has 3 heterocycles. The summed E-state index contributed by atoms with van der Waals surface area (Å²) < 4.78 is 49.1. The van der Waals surface area contributed by atoms with Crippen molar-refractivity contribution in [2.75, 3.05) is 5.32 Å². The van der Waals surface area contributed by atoms with Crippen molar-refractivity contribution in [3.63, 3.8) is 0 Å². The number of amides is 1. The molecule has 3 aromatic rings. The molecule has 0 spiro atoms. The van der Waals surface area contributed by atoms with Crippen LogP contribution in [0.4, 0.5) is 18.9 Å². The first-order valence-corrected chi connectivity index (χ1v) is 11.6. The molecule has 1 amide bonds. The Morgan fingerprint density at radius 3 is 2.60 bits per heavy atom. The normalized spacial score (nSPS) is 24.0. The van der Waals surface area contributed by atoms with Crippen molar-refractivity contribution in [1.82, 2.24) is 9.97 Å². The van der Waals surface area contributed by atoms with E-state index in [4.69, 9.17) is 4.74 Å². The molecule has 0 radical (unpaired) electrons. The van der Waals surface area contributed by atoms with Crippen molar-refractivity contribution < 1.29 is 27.8 Å². The van der Waals surface area contributed by atoms with Gasteiger partial charge in [0, 0.05) is 24.1 Å². The number of nitrogens with zero attached hydrogens (tertiary/aromatic N) is 2. The molecule has 2 fully saturated rings. The lowest BCUT2D eigenvalue weighted by atomic mass is 9.78. The lowest BCUT2D eigenvalue weighted by Crippen LogP contribution is -2.43. The van der Waals surface area contributed by atoms with Crippen molar-refractivity contribution >= 4 is 11.6 Å². The van der Waals surface area contributed by atoms with E-state index in [0.717, 1.165) is 56.0 Å². The first-order chi connectivity index (χ1) is 16.9. The fourth-order valence-corrected chi connectivity index (χ4v) is 5.04. The molecule has 4 atom stereocenters. The molecular formula is C26H24F3N3O3. The van der Waals surface area contributed by atoms with E-state index in [-0.39, 0.29) is 17.7 Å². The van der Waals surface area contributed by atoms with E-state index in [0.29, 0.717) is 17.7 Å². The molecule has 4 unspecified atom stereocenters. The predicted octanol–water partition coefficient (Wildman–Crippen LogP) is 5.19. The quantitative estimate of drug-likeness (QED) is 0.533. The van der Waals surface area contributed by atoms with Crippen LogP contribution in [0.25, 0.3) is 11.3 Å². The molecule has 1 aromatic carbocycles. The second-order valence-electron chi connectivity index (χ2n) is 8.96. The molecule has 1 saturated heterocycles. The standard InChI is InChI=1S/C26H24F3N3O3/c27-16-5-3-6-17(28)24(16)25-18(29)8-9-19(31-25)26(34)32-20-13-30-11-10-14(20)23-12-21(33)15-4-1-2-7-22(15)35-23/h3,5-6,8-11,13,15,21-23,33H,1-2,4,7,12H2,(H,32,34). The molecule has 9 heteroatoms. The number of aromatic nitrogens is 2. The first-order valence-electron chi connectivity index (χ1n) is 11.6. The van der Waals surface area contributed by atoms with Crippen molar-refractivity contribution in [3.8, 4) is 11.3 Å². The molecule has 6 nitrogen and oxygen atoms in total. The Labute approximate surface area is 200 Å². The molecule has 0 bridgehead atoms. The zero-order chi connectivity index (χ0) is 24.5. The van der Waals surface area contributed by atoms with Gasteiger partial charge in [0.2, 0.25) is 0 Å². The van der Waals surface area contributed by atoms with Crippen molar-refractivity contribution in [3.05, 3.63) is 77.5 Å². The Kier molecular flexibility index (Phi) is 6.53. The summed E-state index contributed by atoms with van der Waals surface area (Å²) in [6, 6.07) is 6.93. The highest BCUT2D eigenvalue weighted by molar-refractivity contribution is 6.03. The molecule has 2 N–H and O–H groups in total. The van der Waals surface area contributed by atoms with Crippen LogP contribution >= 0.6 is 0 Å². The highest BCUT2D eigenvalue weighted by Gasteiger charge is 2.40. The van der Waals surface area contributed by atoms with Crippen LogP contribution in [0, 0.1) is 23.4 Å². The van der Waals surface area contributed by atoms with Gasteiger partial charge in [-0.05, 0) is 43.2 Å². The van der Waals surface area contributed by atoms with Gasteiger partial charge in [-0.1, -0.05) is 18.9 Å². The summed E-state index contributed by atoms with van der Waals surface area (Å²) in [4.78, 5) is 21.0. The monoisotopic (exact) mass is 483 g/mol. The zero-order valence-corrected chi connectivity index (χ0v) is 18.8. The fraction of sp³-hybridized carbons (Fsp3) is 0.346. The van der Waals surface area contributed by atoms with Gasteiger partial charge in [-0.2, -0.15) is 0 Å². The van der Waals surface area contributed by atoms with E-state index < -0.39 is 46.8 Å². The van der Waals surface area contributed by atoms with Crippen LogP contribution in [0.5, 0.6) is 0 Å². The van der Waals surface area contributed by atoms with E-state index in [1.165, 1.54) is 6.20 Å². The molecule has 2 aromatic heterocycles. The number of nitrogens with one attached hydrogen (secondary N) is 1. The highest BCUT2D eigenvalue weighted by atomic mass is 19.1. The number of ether oxygens (including phenoxy) is 1. The average Bonchev–Trinajstić information content (AvgIpc) is 2.85. The van der Waals surface area contributed by atoms with Crippen LogP contribution < -0.4 is 5.32 Å². The number of aliphatic hydroxyl groups is 1. The third-order valence-corrected chi connectivity index (χ3v) is 6.77. The smallest absolute Gasteiger partial charge is 0.274 e. The lowest BCUT2D eigenvalue weighted by Gasteiger charge is -2.43. The Morgan fingerprint density at radius 2 is 1.80 bits per heavy atom. The lowest BCUT2D eigenvalue weighted by molar-refractivity contribution is -0.151. The Balaban J connectivity index is 1.41. The number of fused-ring (bicyclic) bond motifs is 1. The number of hydrogen-bond acceptors (Lipinski definition) is 5. The maximum absolute atomic E-state index is 14.4. The Bertz CT molecular complexity index is 1240. The summed E-state index contributed by atoms with van der Waals surface area (Å²) in [5.74, 6) is -3.53. The summed E-state index contributed by atoms with van der Waals surface area (Å²) >= 11 is 0. The van der Waals surface area contributed by atoms with Crippen LogP contribution in [0.3, 0.4) is 0 Å². The molecule has 1 saturated carbocycles. The second-order valence-corrected chi connectivity index (χ2v) is 8.96. The van der Waals surface area contributed by atoms with Crippen molar-refractivity contribution in [1.29, 1.82) is 0 Å². The van der Waals surface area contributed by atoms with Crippen LogP contribution in [-0.2, 0) is 4.74 Å². The number of rotatable bonds is 4. The molecule has 1 aliphatic heterocycles. The SMILES string of the molecule is O=C(Nc1cnccc1C1CC(O)C2CCCCC2O1)c1ccc(F)c(-c2c(F)cccc2F)n1. The van der Waals surface area contributed by atoms with Crippen molar-refractivity contribution in [2.45, 2.75) is 50.4 Å². The fourth-order valence-electron chi connectivity index (χ4n) is 5.04. The zero-order valence-electron chi connectivity index (χ0n) is 18.8. The van der Waals surface area contributed by atoms with Gasteiger partial charge in [0.25, 0.3) is 5.91 Å². The average molecular weight is 483 g/mol. The topological polar surface area (TPSA) is 84.3 Å². The third kappa shape index (κ3) is 4.66. The third-order valence-electron chi connectivity index (χ3n) is 6.77. The number of benzene rings is 1. The van der Waals surface area contributed by atoms with Crippen molar-refractivity contribution in [2.24, 2.45) is 5.92 Å². The molecule has 182 valence electrons. The molecule has 35 heavy (non-hydrogen) atoms.